The molecule has 0 saturated heterocycles. The van der Waals surface area contributed by atoms with E-state index in [2.05, 4.69) is 6.92 Å². The van der Waals surface area contributed by atoms with Crippen molar-refractivity contribution in [3.05, 3.63) is 0 Å². The van der Waals surface area contributed by atoms with Gasteiger partial charge in [0.15, 0.2) is 0 Å². The second kappa shape index (κ2) is 3.75. The lowest BCUT2D eigenvalue weighted by molar-refractivity contribution is -0.127. The first-order chi connectivity index (χ1) is 5.64. The highest BCUT2D eigenvalue weighted by Crippen LogP contribution is 2.36. The Morgan fingerprint density at radius 3 is 2.42 bits per heavy atom. The maximum Gasteiger partial charge on any atom is 0.0908 e. The minimum Gasteiger partial charge on any atom is -0.390 e. The number of methoxy groups -OCH3 is 1. The van der Waals surface area contributed by atoms with Crippen LogP contribution in [0.15, 0.2) is 0 Å². The summed E-state index contributed by atoms with van der Waals surface area (Å²) in [6.45, 7) is 4.06. The predicted molar refractivity (Wildman–Crippen MR) is 49.1 cm³/mol. The molecule has 0 aromatic rings. The number of ether oxygens (including phenoxy) is 1. The van der Waals surface area contributed by atoms with Crippen LogP contribution in [0.2, 0.25) is 0 Å². The summed E-state index contributed by atoms with van der Waals surface area (Å²) in [5, 5.41) is 9.96. The fourth-order valence-electron chi connectivity index (χ4n) is 1.73. The smallest absolute Gasteiger partial charge is 0.0908 e. The molecule has 2 nitrogen and oxygen atoms in total. The molecule has 0 aromatic carbocycles. The highest BCUT2D eigenvalue weighted by Gasteiger charge is 2.39. The summed E-state index contributed by atoms with van der Waals surface area (Å²) in [4.78, 5) is 0. The molecule has 0 bridgehead atoms. The number of aliphatic hydroxyl groups is 1. The first-order valence-corrected chi connectivity index (χ1v) is 4.87. The molecule has 2 heteroatoms. The van der Waals surface area contributed by atoms with Crippen LogP contribution in [0.25, 0.3) is 0 Å². The monoisotopic (exact) mass is 172 g/mol. The van der Waals surface area contributed by atoms with Crippen molar-refractivity contribution in [2.75, 3.05) is 7.11 Å². The van der Waals surface area contributed by atoms with E-state index in [1.165, 1.54) is 19.3 Å². The van der Waals surface area contributed by atoms with E-state index in [0.29, 0.717) is 5.92 Å². The summed E-state index contributed by atoms with van der Waals surface area (Å²) >= 11 is 0. The molecule has 72 valence electrons. The van der Waals surface area contributed by atoms with E-state index < -0.39 is 0 Å². The molecule has 1 N–H and O–H groups in total. The van der Waals surface area contributed by atoms with Gasteiger partial charge in [0.1, 0.15) is 0 Å². The number of rotatable bonds is 4. The minimum absolute atomic E-state index is 0.277. The average Bonchev–Trinajstić information content (AvgIpc) is 2.00. The highest BCUT2D eigenvalue weighted by atomic mass is 16.5. The molecule has 0 aliphatic heterocycles. The van der Waals surface area contributed by atoms with Crippen LogP contribution >= 0.6 is 0 Å². The van der Waals surface area contributed by atoms with E-state index in [0.717, 1.165) is 6.42 Å². The molecule has 0 amide bonds. The molecule has 2 atom stereocenters. The molecule has 0 radical (unpaired) electrons. The summed E-state index contributed by atoms with van der Waals surface area (Å²) < 4.78 is 5.36. The van der Waals surface area contributed by atoms with E-state index in [9.17, 15) is 5.11 Å². The highest BCUT2D eigenvalue weighted by molar-refractivity contribution is 4.90. The predicted octanol–water partition coefficient (Wildman–Crippen LogP) is 1.96. The summed E-state index contributed by atoms with van der Waals surface area (Å²) in [5.74, 6) is 0.481. The SMILES string of the molecule is CCC(C)(OC)C(O)C1CCC1. The standard InChI is InChI=1S/C10H20O2/c1-4-10(2,12-3)9(11)8-6-5-7-8/h8-9,11H,4-7H2,1-3H3. The van der Waals surface area contributed by atoms with E-state index in [1.807, 2.05) is 6.92 Å². The Labute approximate surface area is 74.9 Å². The first-order valence-electron chi connectivity index (χ1n) is 4.87. The van der Waals surface area contributed by atoms with Crippen molar-refractivity contribution in [3.63, 3.8) is 0 Å². The largest absolute Gasteiger partial charge is 0.390 e. The van der Waals surface area contributed by atoms with Crippen molar-refractivity contribution in [1.29, 1.82) is 0 Å². The van der Waals surface area contributed by atoms with Crippen molar-refractivity contribution in [2.45, 2.75) is 51.2 Å². The molecule has 1 saturated carbocycles. The summed E-state index contributed by atoms with van der Waals surface area (Å²) in [6, 6.07) is 0. The molecule has 1 fully saturated rings. The zero-order valence-electron chi connectivity index (χ0n) is 8.34. The molecule has 0 spiro atoms. The summed E-state index contributed by atoms with van der Waals surface area (Å²) in [5.41, 5.74) is -0.328. The van der Waals surface area contributed by atoms with Crippen LogP contribution in [0.4, 0.5) is 0 Å². The lowest BCUT2D eigenvalue weighted by Crippen LogP contribution is -2.47. The second-order valence-corrected chi connectivity index (χ2v) is 4.01. The van der Waals surface area contributed by atoms with E-state index in [1.54, 1.807) is 7.11 Å². The molecule has 2 unspecified atom stereocenters. The van der Waals surface area contributed by atoms with E-state index >= 15 is 0 Å². The van der Waals surface area contributed by atoms with Crippen molar-refractivity contribution < 1.29 is 9.84 Å². The van der Waals surface area contributed by atoms with Crippen molar-refractivity contribution in [2.24, 2.45) is 5.92 Å². The van der Waals surface area contributed by atoms with Crippen LogP contribution in [0.5, 0.6) is 0 Å². The quantitative estimate of drug-likeness (QED) is 0.702. The van der Waals surface area contributed by atoms with Crippen LogP contribution in [0.3, 0.4) is 0 Å². The Morgan fingerprint density at radius 2 is 2.17 bits per heavy atom. The molecule has 1 aliphatic rings. The van der Waals surface area contributed by atoms with Gasteiger partial charge in [-0.25, -0.2) is 0 Å². The normalized spacial score (nSPS) is 26.0. The van der Waals surface area contributed by atoms with Crippen LogP contribution in [0.1, 0.15) is 39.5 Å². The third-order valence-corrected chi connectivity index (χ3v) is 3.39. The van der Waals surface area contributed by atoms with Crippen molar-refractivity contribution in [3.8, 4) is 0 Å². The number of aliphatic hydroxyl groups excluding tert-OH is 1. The topological polar surface area (TPSA) is 29.5 Å². The van der Waals surface area contributed by atoms with Gasteiger partial charge in [0.05, 0.1) is 11.7 Å². The van der Waals surface area contributed by atoms with Crippen molar-refractivity contribution in [1.82, 2.24) is 0 Å². The maximum absolute atomic E-state index is 9.96. The van der Waals surface area contributed by atoms with Crippen LogP contribution in [-0.4, -0.2) is 23.9 Å². The maximum atomic E-state index is 9.96. The van der Waals surface area contributed by atoms with Crippen LogP contribution in [0, 0.1) is 5.92 Å². The Kier molecular flexibility index (Phi) is 3.13. The van der Waals surface area contributed by atoms with Gasteiger partial charge < -0.3 is 9.84 Å². The molecule has 0 aromatic heterocycles. The van der Waals surface area contributed by atoms with Gasteiger partial charge in [0.2, 0.25) is 0 Å². The van der Waals surface area contributed by atoms with Crippen LogP contribution in [-0.2, 0) is 4.74 Å². The van der Waals surface area contributed by atoms with E-state index in [-0.39, 0.29) is 11.7 Å². The number of hydrogen-bond donors (Lipinski definition) is 1. The van der Waals surface area contributed by atoms with Gasteiger partial charge in [-0.2, -0.15) is 0 Å². The molecule has 0 heterocycles. The van der Waals surface area contributed by atoms with Crippen LogP contribution < -0.4 is 0 Å². The van der Waals surface area contributed by atoms with Gasteiger partial charge in [-0.05, 0) is 32.1 Å². The summed E-state index contributed by atoms with van der Waals surface area (Å²) in [7, 11) is 1.69. The van der Waals surface area contributed by atoms with Gasteiger partial charge >= 0.3 is 0 Å². The molecular formula is C10H20O2. The molecule has 1 aliphatic carbocycles. The minimum atomic E-state index is -0.328. The first kappa shape index (κ1) is 10.0. The zero-order chi connectivity index (χ0) is 9.19. The van der Waals surface area contributed by atoms with Gasteiger partial charge in [0, 0.05) is 7.11 Å². The Balaban J connectivity index is 2.51. The van der Waals surface area contributed by atoms with Gasteiger partial charge in [0.25, 0.3) is 0 Å². The van der Waals surface area contributed by atoms with Gasteiger partial charge in [-0.3, -0.25) is 0 Å². The van der Waals surface area contributed by atoms with Gasteiger partial charge in [-0.15, -0.1) is 0 Å². The molecule has 1 rings (SSSR count). The Morgan fingerprint density at radius 1 is 1.58 bits per heavy atom. The Hall–Kier alpha value is -0.0800. The third kappa shape index (κ3) is 1.64. The number of hydrogen-bond acceptors (Lipinski definition) is 2. The van der Waals surface area contributed by atoms with Gasteiger partial charge in [-0.1, -0.05) is 13.3 Å². The fourth-order valence-corrected chi connectivity index (χ4v) is 1.73. The second-order valence-electron chi connectivity index (χ2n) is 4.01. The lowest BCUT2D eigenvalue weighted by atomic mass is 9.74. The fraction of sp³-hybridized carbons (Fsp3) is 1.00. The van der Waals surface area contributed by atoms with Crippen molar-refractivity contribution >= 4 is 0 Å². The van der Waals surface area contributed by atoms with E-state index in [4.69, 9.17) is 4.74 Å². The Bertz CT molecular complexity index is 137. The third-order valence-electron chi connectivity index (χ3n) is 3.39. The lowest BCUT2D eigenvalue weighted by Gasteiger charge is -2.40. The molecular weight excluding hydrogens is 152 g/mol. The zero-order valence-corrected chi connectivity index (χ0v) is 8.34. The summed E-state index contributed by atoms with van der Waals surface area (Å²) in [6.07, 6.45) is 4.20. The molecule has 12 heavy (non-hydrogen) atoms. The average molecular weight is 172 g/mol.